The Balaban J connectivity index is 1.74. The molecular formula is C20H24N4O3S. The van der Waals surface area contributed by atoms with Crippen molar-refractivity contribution in [3.63, 3.8) is 0 Å². The van der Waals surface area contributed by atoms with Gasteiger partial charge in [0, 0.05) is 38.6 Å². The summed E-state index contributed by atoms with van der Waals surface area (Å²) in [5, 5.41) is 8.95. The number of nitrogens with zero attached hydrogens (tertiary/aromatic N) is 4. The van der Waals surface area contributed by atoms with Crippen LogP contribution in [0.3, 0.4) is 0 Å². The zero-order chi connectivity index (χ0) is 19.8. The average molecular weight is 401 g/mol. The highest BCUT2D eigenvalue weighted by molar-refractivity contribution is 7.89. The maximum atomic E-state index is 13.2. The predicted octanol–water partition coefficient (Wildman–Crippen LogP) is 1.87. The van der Waals surface area contributed by atoms with Gasteiger partial charge in [0.05, 0.1) is 29.7 Å². The highest BCUT2D eigenvalue weighted by Gasteiger charge is 2.25. The van der Waals surface area contributed by atoms with E-state index in [1.54, 1.807) is 12.4 Å². The minimum Gasteiger partial charge on any atom is -0.379 e. The SMILES string of the molecule is N#Cc1ccc(S(=O)(=O)N(CCCN2CCOCC2)Cc2ccncc2)cc1. The van der Waals surface area contributed by atoms with Gasteiger partial charge in [-0.15, -0.1) is 0 Å². The van der Waals surface area contributed by atoms with Crippen molar-refractivity contribution in [1.29, 1.82) is 5.26 Å². The number of morpholine rings is 1. The Hall–Kier alpha value is -2.31. The van der Waals surface area contributed by atoms with E-state index in [2.05, 4.69) is 9.88 Å². The summed E-state index contributed by atoms with van der Waals surface area (Å²) >= 11 is 0. The molecule has 0 spiro atoms. The lowest BCUT2D eigenvalue weighted by atomic mass is 10.2. The van der Waals surface area contributed by atoms with Crippen molar-refractivity contribution >= 4 is 10.0 Å². The summed E-state index contributed by atoms with van der Waals surface area (Å²) in [6.07, 6.45) is 4.06. The van der Waals surface area contributed by atoms with E-state index in [0.717, 1.165) is 44.8 Å². The van der Waals surface area contributed by atoms with E-state index in [1.165, 1.54) is 28.6 Å². The van der Waals surface area contributed by atoms with Crippen LogP contribution in [-0.2, 0) is 21.3 Å². The molecule has 1 fully saturated rings. The summed E-state index contributed by atoms with van der Waals surface area (Å²) in [5.41, 5.74) is 1.32. The molecule has 1 aliphatic heterocycles. The predicted molar refractivity (Wildman–Crippen MR) is 105 cm³/mol. The lowest BCUT2D eigenvalue weighted by molar-refractivity contribution is 0.0368. The highest BCUT2D eigenvalue weighted by atomic mass is 32.2. The van der Waals surface area contributed by atoms with Gasteiger partial charge >= 0.3 is 0 Å². The molecule has 1 saturated heterocycles. The first kappa shape index (κ1) is 20.4. The molecule has 0 N–H and O–H groups in total. The first-order chi connectivity index (χ1) is 13.6. The van der Waals surface area contributed by atoms with Gasteiger partial charge in [0.25, 0.3) is 0 Å². The Bertz CT molecular complexity index is 889. The number of sulfonamides is 1. The molecule has 28 heavy (non-hydrogen) atoms. The van der Waals surface area contributed by atoms with Crippen LogP contribution >= 0.6 is 0 Å². The maximum absolute atomic E-state index is 13.2. The molecule has 2 aromatic rings. The van der Waals surface area contributed by atoms with Gasteiger partial charge < -0.3 is 4.74 Å². The lowest BCUT2D eigenvalue weighted by Crippen LogP contribution is -2.39. The smallest absolute Gasteiger partial charge is 0.243 e. The van der Waals surface area contributed by atoms with Gasteiger partial charge in [0.15, 0.2) is 0 Å². The van der Waals surface area contributed by atoms with Crippen LogP contribution in [0.25, 0.3) is 0 Å². The van der Waals surface area contributed by atoms with Crippen molar-refractivity contribution in [3.8, 4) is 6.07 Å². The van der Waals surface area contributed by atoms with E-state index in [1.807, 2.05) is 18.2 Å². The van der Waals surface area contributed by atoms with E-state index < -0.39 is 10.0 Å². The number of ether oxygens (including phenoxy) is 1. The van der Waals surface area contributed by atoms with E-state index >= 15 is 0 Å². The van der Waals surface area contributed by atoms with Gasteiger partial charge in [-0.1, -0.05) is 0 Å². The zero-order valence-electron chi connectivity index (χ0n) is 15.7. The molecule has 7 nitrogen and oxygen atoms in total. The first-order valence-electron chi connectivity index (χ1n) is 9.29. The second-order valence-corrected chi connectivity index (χ2v) is 8.58. The van der Waals surface area contributed by atoms with Crippen LogP contribution in [0.5, 0.6) is 0 Å². The summed E-state index contributed by atoms with van der Waals surface area (Å²) < 4.78 is 33.3. The zero-order valence-corrected chi connectivity index (χ0v) is 16.5. The summed E-state index contributed by atoms with van der Waals surface area (Å²) in [4.78, 5) is 6.49. The normalized spacial score (nSPS) is 15.4. The number of nitriles is 1. The van der Waals surface area contributed by atoms with Crippen LogP contribution in [0.4, 0.5) is 0 Å². The van der Waals surface area contributed by atoms with E-state index in [9.17, 15) is 8.42 Å². The van der Waals surface area contributed by atoms with Crippen LogP contribution < -0.4 is 0 Å². The molecule has 1 aliphatic rings. The van der Waals surface area contributed by atoms with Crippen LogP contribution in [0, 0.1) is 11.3 Å². The monoisotopic (exact) mass is 400 g/mol. The summed E-state index contributed by atoms with van der Waals surface area (Å²) in [7, 11) is -3.67. The molecule has 0 bridgehead atoms. The summed E-state index contributed by atoms with van der Waals surface area (Å²) in [6.45, 7) is 4.75. The molecule has 3 rings (SSSR count). The van der Waals surface area contributed by atoms with E-state index in [0.29, 0.717) is 12.1 Å². The molecule has 8 heteroatoms. The van der Waals surface area contributed by atoms with Gasteiger partial charge in [0.1, 0.15) is 0 Å². The van der Waals surface area contributed by atoms with Gasteiger partial charge in [-0.05, 0) is 54.9 Å². The van der Waals surface area contributed by atoms with Crippen LogP contribution in [0.15, 0.2) is 53.7 Å². The summed E-state index contributed by atoms with van der Waals surface area (Å²) in [6, 6.07) is 11.7. The number of aromatic nitrogens is 1. The Morgan fingerprint density at radius 1 is 1.11 bits per heavy atom. The van der Waals surface area contributed by atoms with Crippen molar-refractivity contribution in [2.45, 2.75) is 17.9 Å². The van der Waals surface area contributed by atoms with Crippen molar-refractivity contribution in [2.75, 3.05) is 39.4 Å². The topological polar surface area (TPSA) is 86.5 Å². The first-order valence-corrected chi connectivity index (χ1v) is 10.7. The Morgan fingerprint density at radius 2 is 1.79 bits per heavy atom. The third-order valence-electron chi connectivity index (χ3n) is 4.72. The lowest BCUT2D eigenvalue weighted by Gasteiger charge is -2.28. The highest BCUT2D eigenvalue weighted by Crippen LogP contribution is 2.19. The second kappa shape index (κ2) is 9.75. The number of hydrogen-bond donors (Lipinski definition) is 0. The van der Waals surface area contributed by atoms with Gasteiger partial charge in [-0.25, -0.2) is 8.42 Å². The Morgan fingerprint density at radius 3 is 2.43 bits per heavy atom. The number of benzene rings is 1. The average Bonchev–Trinajstić information content (AvgIpc) is 2.74. The van der Waals surface area contributed by atoms with Crippen LogP contribution in [0.1, 0.15) is 17.5 Å². The van der Waals surface area contributed by atoms with Crippen molar-refractivity contribution in [3.05, 3.63) is 59.9 Å². The van der Waals surface area contributed by atoms with Gasteiger partial charge in [-0.3, -0.25) is 9.88 Å². The molecule has 148 valence electrons. The van der Waals surface area contributed by atoms with Crippen LogP contribution in [-0.4, -0.2) is 62.0 Å². The van der Waals surface area contributed by atoms with Crippen molar-refractivity contribution in [2.24, 2.45) is 0 Å². The maximum Gasteiger partial charge on any atom is 0.243 e. The summed E-state index contributed by atoms with van der Waals surface area (Å²) in [5.74, 6) is 0. The quantitative estimate of drug-likeness (QED) is 0.672. The molecule has 0 saturated carbocycles. The molecule has 0 aliphatic carbocycles. The molecule has 0 unspecified atom stereocenters. The minimum absolute atomic E-state index is 0.201. The number of rotatable bonds is 8. The molecule has 0 atom stereocenters. The van der Waals surface area contributed by atoms with Gasteiger partial charge in [0.2, 0.25) is 10.0 Å². The fourth-order valence-corrected chi connectivity index (χ4v) is 4.59. The van der Waals surface area contributed by atoms with Gasteiger partial charge in [-0.2, -0.15) is 9.57 Å². The molecule has 2 heterocycles. The third kappa shape index (κ3) is 5.36. The third-order valence-corrected chi connectivity index (χ3v) is 6.57. The standard InChI is InChI=1S/C20H24N4O3S/c21-16-18-2-4-20(5-3-18)28(25,26)24(17-19-6-8-22-9-7-19)11-1-10-23-12-14-27-15-13-23/h2-9H,1,10-15,17H2. The van der Waals surface area contributed by atoms with Crippen molar-refractivity contribution < 1.29 is 13.2 Å². The second-order valence-electron chi connectivity index (χ2n) is 6.64. The molecule has 0 amide bonds. The molecular weight excluding hydrogens is 376 g/mol. The molecule has 1 aromatic carbocycles. The van der Waals surface area contributed by atoms with E-state index in [-0.39, 0.29) is 11.4 Å². The fourth-order valence-electron chi connectivity index (χ4n) is 3.12. The number of hydrogen-bond acceptors (Lipinski definition) is 6. The minimum atomic E-state index is -3.67. The van der Waals surface area contributed by atoms with Crippen molar-refractivity contribution in [1.82, 2.24) is 14.2 Å². The largest absolute Gasteiger partial charge is 0.379 e. The Kier molecular flexibility index (Phi) is 7.12. The number of pyridine rings is 1. The molecule has 0 radical (unpaired) electrons. The molecule has 1 aromatic heterocycles. The van der Waals surface area contributed by atoms with Crippen LogP contribution in [0.2, 0.25) is 0 Å². The van der Waals surface area contributed by atoms with E-state index in [4.69, 9.17) is 10.00 Å². The Labute approximate surface area is 166 Å². The fraction of sp³-hybridized carbons (Fsp3) is 0.400.